The van der Waals surface area contributed by atoms with Crippen molar-refractivity contribution in [1.29, 1.82) is 0 Å². The number of unbranched alkanes of at least 4 members (excludes halogenated alkanes) is 2. The molecule has 2 heterocycles. The standard InChI is InChI=1S/C26H27N5O4/c32-23(31-35)14-3-1-2-12-21(30-26(34)22-16-18-8-4-5-11-19(18)28-22)25(33)29-20-13-6-9-17-10-7-15-27-24(17)20/h4-11,13,15-16,21,28,35H,1-3,12,14H2,(H,29,33)(H,30,34)(H,31,32). The summed E-state index contributed by atoms with van der Waals surface area (Å²) in [5, 5.41) is 16.2. The molecule has 1 unspecified atom stereocenters. The number of H-pyrrole nitrogens is 1. The van der Waals surface area contributed by atoms with Gasteiger partial charge in [-0.25, -0.2) is 5.48 Å². The molecule has 0 saturated heterocycles. The van der Waals surface area contributed by atoms with E-state index in [2.05, 4.69) is 20.6 Å². The number of aromatic nitrogens is 2. The van der Waals surface area contributed by atoms with Gasteiger partial charge in [0.15, 0.2) is 0 Å². The third-order valence-electron chi connectivity index (χ3n) is 5.81. The van der Waals surface area contributed by atoms with Crippen LogP contribution < -0.4 is 16.1 Å². The molecular weight excluding hydrogens is 446 g/mol. The summed E-state index contributed by atoms with van der Waals surface area (Å²) in [6, 6.07) is 17.8. The van der Waals surface area contributed by atoms with E-state index in [1.165, 1.54) is 0 Å². The minimum absolute atomic E-state index is 0.191. The van der Waals surface area contributed by atoms with Crippen molar-refractivity contribution in [3.8, 4) is 0 Å². The topological polar surface area (TPSA) is 136 Å². The third-order valence-corrected chi connectivity index (χ3v) is 5.81. The summed E-state index contributed by atoms with van der Waals surface area (Å²) in [7, 11) is 0. The van der Waals surface area contributed by atoms with Crippen LogP contribution >= 0.6 is 0 Å². The van der Waals surface area contributed by atoms with Crippen LogP contribution in [0.4, 0.5) is 5.69 Å². The Morgan fingerprint density at radius 2 is 1.74 bits per heavy atom. The van der Waals surface area contributed by atoms with Crippen molar-refractivity contribution >= 4 is 45.2 Å². The summed E-state index contributed by atoms with van der Waals surface area (Å²) in [4.78, 5) is 44.9. The summed E-state index contributed by atoms with van der Waals surface area (Å²) < 4.78 is 0. The van der Waals surface area contributed by atoms with Crippen LogP contribution in [0.15, 0.2) is 66.9 Å². The molecule has 9 nitrogen and oxygen atoms in total. The fraction of sp³-hybridized carbons (Fsp3) is 0.231. The molecule has 4 rings (SSSR count). The number of hydroxylamine groups is 1. The smallest absolute Gasteiger partial charge is 0.268 e. The van der Waals surface area contributed by atoms with Crippen molar-refractivity contribution in [2.45, 2.75) is 38.1 Å². The quantitative estimate of drug-likeness (QED) is 0.135. The van der Waals surface area contributed by atoms with E-state index in [0.29, 0.717) is 42.6 Å². The number of carbonyl (C=O) groups is 3. The summed E-state index contributed by atoms with van der Waals surface area (Å²) in [5.74, 6) is -1.17. The first kappa shape index (κ1) is 23.9. The maximum absolute atomic E-state index is 13.3. The lowest BCUT2D eigenvalue weighted by atomic mass is 10.1. The Morgan fingerprint density at radius 3 is 2.57 bits per heavy atom. The molecule has 0 bridgehead atoms. The Morgan fingerprint density at radius 1 is 0.943 bits per heavy atom. The molecule has 4 aromatic rings. The molecule has 1 atom stereocenters. The van der Waals surface area contributed by atoms with Crippen molar-refractivity contribution in [2.75, 3.05) is 5.32 Å². The molecule has 3 amide bonds. The third kappa shape index (κ3) is 6.01. The lowest BCUT2D eigenvalue weighted by molar-refractivity contribution is -0.129. The fourth-order valence-corrected chi connectivity index (χ4v) is 3.99. The molecule has 5 N–H and O–H groups in total. The molecular formula is C26H27N5O4. The van der Waals surface area contributed by atoms with Gasteiger partial charge in [0.2, 0.25) is 11.8 Å². The number of hydrogen-bond acceptors (Lipinski definition) is 5. The monoisotopic (exact) mass is 473 g/mol. The Hall–Kier alpha value is -4.24. The van der Waals surface area contributed by atoms with Gasteiger partial charge in [-0.3, -0.25) is 24.6 Å². The number of hydrogen-bond donors (Lipinski definition) is 5. The van der Waals surface area contributed by atoms with E-state index < -0.39 is 11.9 Å². The molecule has 0 fully saturated rings. The molecule has 0 saturated carbocycles. The first-order valence-corrected chi connectivity index (χ1v) is 11.5. The number of benzene rings is 2. The van der Waals surface area contributed by atoms with Crippen molar-refractivity contribution in [3.05, 3.63) is 72.6 Å². The molecule has 0 spiro atoms. The molecule has 9 heteroatoms. The molecule has 35 heavy (non-hydrogen) atoms. The maximum Gasteiger partial charge on any atom is 0.268 e. The van der Waals surface area contributed by atoms with Crippen LogP contribution in [-0.4, -0.2) is 38.9 Å². The Bertz CT molecular complexity index is 1310. The highest BCUT2D eigenvalue weighted by atomic mass is 16.5. The second-order valence-electron chi connectivity index (χ2n) is 8.30. The van der Waals surface area contributed by atoms with Crippen molar-refractivity contribution in [3.63, 3.8) is 0 Å². The van der Waals surface area contributed by atoms with Crippen molar-refractivity contribution < 1.29 is 19.6 Å². The second-order valence-corrected chi connectivity index (χ2v) is 8.30. The van der Waals surface area contributed by atoms with Gasteiger partial charge in [0.1, 0.15) is 11.7 Å². The van der Waals surface area contributed by atoms with Crippen LogP contribution in [0.5, 0.6) is 0 Å². The van der Waals surface area contributed by atoms with E-state index in [0.717, 1.165) is 16.3 Å². The van der Waals surface area contributed by atoms with Crippen molar-refractivity contribution in [1.82, 2.24) is 20.8 Å². The van der Waals surface area contributed by atoms with Crippen LogP contribution in [0.2, 0.25) is 0 Å². The number of rotatable bonds is 10. The van der Waals surface area contributed by atoms with Crippen LogP contribution in [-0.2, 0) is 9.59 Å². The van der Waals surface area contributed by atoms with E-state index in [1.54, 1.807) is 23.8 Å². The second kappa shape index (κ2) is 11.3. The molecule has 2 aromatic carbocycles. The van der Waals surface area contributed by atoms with E-state index in [-0.39, 0.29) is 18.2 Å². The number of fused-ring (bicyclic) bond motifs is 2. The van der Waals surface area contributed by atoms with Gasteiger partial charge < -0.3 is 15.6 Å². The maximum atomic E-state index is 13.3. The number of para-hydroxylation sites is 2. The zero-order valence-electron chi connectivity index (χ0n) is 19.1. The van der Waals surface area contributed by atoms with Crippen LogP contribution in [0.25, 0.3) is 21.8 Å². The molecule has 0 radical (unpaired) electrons. The predicted molar refractivity (Wildman–Crippen MR) is 133 cm³/mol. The predicted octanol–water partition coefficient (Wildman–Crippen LogP) is 3.91. The normalized spacial score (nSPS) is 11.8. The van der Waals surface area contributed by atoms with Gasteiger partial charge in [-0.15, -0.1) is 0 Å². The average Bonchev–Trinajstić information content (AvgIpc) is 3.32. The SMILES string of the molecule is O=C(CCCCCC(NC(=O)c1cc2ccccc2[nH]1)C(=O)Nc1cccc2cccnc12)NO. The molecule has 0 aliphatic heterocycles. The van der Waals surface area contributed by atoms with E-state index in [4.69, 9.17) is 5.21 Å². The highest BCUT2D eigenvalue weighted by Gasteiger charge is 2.23. The first-order valence-electron chi connectivity index (χ1n) is 11.5. The molecule has 0 aliphatic rings. The van der Waals surface area contributed by atoms with Gasteiger partial charge in [-0.1, -0.05) is 49.2 Å². The summed E-state index contributed by atoms with van der Waals surface area (Å²) >= 11 is 0. The fourth-order valence-electron chi connectivity index (χ4n) is 3.99. The molecule has 180 valence electrons. The lowest BCUT2D eigenvalue weighted by Crippen LogP contribution is -2.44. The van der Waals surface area contributed by atoms with Gasteiger partial charge in [0.25, 0.3) is 5.91 Å². The van der Waals surface area contributed by atoms with Gasteiger partial charge in [-0.2, -0.15) is 0 Å². The molecule has 2 aromatic heterocycles. The summed E-state index contributed by atoms with van der Waals surface area (Å²) in [6.45, 7) is 0. The highest BCUT2D eigenvalue weighted by molar-refractivity contribution is 6.05. The zero-order valence-corrected chi connectivity index (χ0v) is 19.1. The van der Waals surface area contributed by atoms with Crippen LogP contribution in [0.1, 0.15) is 42.6 Å². The van der Waals surface area contributed by atoms with Gasteiger partial charge >= 0.3 is 0 Å². The minimum Gasteiger partial charge on any atom is -0.351 e. The van der Waals surface area contributed by atoms with Crippen LogP contribution in [0, 0.1) is 0 Å². The number of nitrogens with zero attached hydrogens (tertiary/aromatic N) is 1. The minimum atomic E-state index is -0.792. The highest BCUT2D eigenvalue weighted by Crippen LogP contribution is 2.21. The molecule has 0 aliphatic carbocycles. The Labute approximate surface area is 201 Å². The number of aromatic amines is 1. The van der Waals surface area contributed by atoms with E-state index in [9.17, 15) is 14.4 Å². The van der Waals surface area contributed by atoms with Crippen LogP contribution in [0.3, 0.4) is 0 Å². The van der Waals surface area contributed by atoms with Gasteiger partial charge in [-0.05, 0) is 37.1 Å². The van der Waals surface area contributed by atoms with Crippen molar-refractivity contribution in [2.24, 2.45) is 0 Å². The number of pyridine rings is 1. The first-order chi connectivity index (χ1) is 17.0. The number of amides is 3. The number of anilines is 1. The van der Waals surface area contributed by atoms with Gasteiger partial charge in [0, 0.05) is 28.9 Å². The van der Waals surface area contributed by atoms with E-state index in [1.807, 2.05) is 48.5 Å². The largest absolute Gasteiger partial charge is 0.351 e. The van der Waals surface area contributed by atoms with Gasteiger partial charge in [0.05, 0.1) is 11.2 Å². The lowest BCUT2D eigenvalue weighted by Gasteiger charge is -2.19. The van der Waals surface area contributed by atoms with E-state index >= 15 is 0 Å². The number of nitrogens with one attached hydrogen (secondary N) is 4. The number of carbonyl (C=O) groups excluding carboxylic acids is 3. The summed E-state index contributed by atoms with van der Waals surface area (Å²) in [5.41, 5.74) is 4.05. The zero-order chi connectivity index (χ0) is 24.6. The Balaban J connectivity index is 1.47. The summed E-state index contributed by atoms with van der Waals surface area (Å²) in [6.07, 6.45) is 4.07. The average molecular weight is 474 g/mol. The Kier molecular flexibility index (Phi) is 7.69.